The van der Waals surface area contributed by atoms with Gasteiger partial charge in [0.15, 0.2) is 0 Å². The first kappa shape index (κ1) is 10.3. The summed E-state index contributed by atoms with van der Waals surface area (Å²) in [5.74, 6) is 0.311. The summed E-state index contributed by atoms with van der Waals surface area (Å²) in [7, 11) is 0. The van der Waals surface area contributed by atoms with Gasteiger partial charge < -0.3 is 9.32 Å². The van der Waals surface area contributed by atoms with Gasteiger partial charge in [0.05, 0.1) is 10.7 Å². The minimum Gasteiger partial charge on any atom is -0.458 e. The average Bonchev–Trinajstić information content (AvgIpc) is 2.53. The van der Waals surface area contributed by atoms with Crippen LogP contribution in [0.4, 0.5) is 0 Å². The smallest absolute Gasteiger partial charge is 0.290 e. The zero-order valence-electron chi connectivity index (χ0n) is 7.71. The molecule has 1 rings (SSSR count). The molecule has 0 unspecified atom stereocenters. The Bertz CT molecular complexity index is 292. The van der Waals surface area contributed by atoms with Crippen molar-refractivity contribution in [3.63, 3.8) is 0 Å². The number of carbonyl (C=O) groups excluding carboxylic acids is 1. The maximum atomic E-state index is 11.7. The van der Waals surface area contributed by atoms with Crippen LogP contribution in [0.2, 0.25) is 0 Å². The lowest BCUT2D eigenvalue weighted by Gasteiger charge is -2.16. The van der Waals surface area contributed by atoms with E-state index in [4.69, 9.17) is 4.42 Å². The first-order chi connectivity index (χ1) is 6.20. The molecule has 0 aliphatic heterocycles. The number of halogens is 1. The van der Waals surface area contributed by atoms with E-state index in [0.717, 1.165) is 0 Å². The van der Waals surface area contributed by atoms with E-state index in [0.29, 0.717) is 23.3 Å². The molecular weight excluding hydrogens is 234 g/mol. The Kier molecular flexibility index (Phi) is 3.54. The van der Waals surface area contributed by atoms with Crippen LogP contribution in [-0.2, 0) is 0 Å². The van der Waals surface area contributed by atoms with E-state index in [1.807, 2.05) is 13.8 Å². The summed E-state index contributed by atoms with van der Waals surface area (Å²) in [5, 5.41) is 0. The summed E-state index contributed by atoms with van der Waals surface area (Å²) < 4.78 is 5.79. The number of hydrogen-bond donors (Lipinski definition) is 0. The molecule has 0 saturated heterocycles. The van der Waals surface area contributed by atoms with E-state index in [9.17, 15) is 4.79 Å². The molecule has 0 N–H and O–H groups in total. The normalized spacial score (nSPS) is 10.1. The fraction of sp³-hybridized carbons (Fsp3) is 0.444. The van der Waals surface area contributed by atoms with Crippen molar-refractivity contribution in [2.24, 2.45) is 0 Å². The molecule has 0 spiro atoms. The molecule has 0 aromatic carbocycles. The number of amides is 1. The SMILES string of the molecule is CCN(CC)C(=O)c1occc1Br. The number of hydrogen-bond acceptors (Lipinski definition) is 2. The molecule has 0 saturated carbocycles. The van der Waals surface area contributed by atoms with Crippen molar-refractivity contribution in [2.75, 3.05) is 13.1 Å². The fourth-order valence-corrected chi connectivity index (χ4v) is 1.47. The molecule has 0 aliphatic rings. The van der Waals surface area contributed by atoms with Gasteiger partial charge in [0, 0.05) is 13.1 Å². The molecule has 3 nitrogen and oxygen atoms in total. The molecule has 0 aliphatic carbocycles. The Morgan fingerprint density at radius 3 is 2.54 bits per heavy atom. The molecule has 0 fully saturated rings. The van der Waals surface area contributed by atoms with E-state index >= 15 is 0 Å². The average molecular weight is 246 g/mol. The molecule has 72 valence electrons. The van der Waals surface area contributed by atoms with Gasteiger partial charge in [-0.1, -0.05) is 0 Å². The van der Waals surface area contributed by atoms with E-state index in [1.165, 1.54) is 6.26 Å². The molecule has 1 heterocycles. The Balaban J connectivity index is 2.84. The maximum Gasteiger partial charge on any atom is 0.290 e. The van der Waals surface area contributed by atoms with Gasteiger partial charge in [0.25, 0.3) is 5.91 Å². The topological polar surface area (TPSA) is 33.5 Å². The van der Waals surface area contributed by atoms with Gasteiger partial charge in [-0.25, -0.2) is 0 Å². The molecule has 0 bridgehead atoms. The number of furan rings is 1. The van der Waals surface area contributed by atoms with Gasteiger partial charge in [-0.3, -0.25) is 4.79 Å². The highest BCUT2D eigenvalue weighted by molar-refractivity contribution is 9.10. The second kappa shape index (κ2) is 4.46. The van der Waals surface area contributed by atoms with Crippen LogP contribution in [0.3, 0.4) is 0 Å². The Labute approximate surface area is 85.8 Å². The van der Waals surface area contributed by atoms with Crippen LogP contribution < -0.4 is 0 Å². The lowest BCUT2D eigenvalue weighted by atomic mass is 10.3. The quantitative estimate of drug-likeness (QED) is 0.821. The fourth-order valence-electron chi connectivity index (χ4n) is 1.10. The van der Waals surface area contributed by atoms with Crippen LogP contribution in [-0.4, -0.2) is 23.9 Å². The third-order valence-electron chi connectivity index (χ3n) is 1.86. The number of rotatable bonds is 3. The Morgan fingerprint density at radius 2 is 2.15 bits per heavy atom. The molecule has 1 aromatic rings. The highest BCUT2D eigenvalue weighted by atomic mass is 79.9. The summed E-state index contributed by atoms with van der Waals surface area (Å²) in [5.41, 5.74) is 0. The number of carbonyl (C=O) groups is 1. The number of nitrogens with zero attached hydrogens (tertiary/aromatic N) is 1. The van der Waals surface area contributed by atoms with Crippen LogP contribution in [0.1, 0.15) is 24.4 Å². The highest BCUT2D eigenvalue weighted by Gasteiger charge is 2.18. The first-order valence-electron chi connectivity index (χ1n) is 4.23. The third kappa shape index (κ3) is 2.12. The van der Waals surface area contributed by atoms with Gasteiger partial charge in [0.1, 0.15) is 0 Å². The minimum absolute atomic E-state index is 0.0677. The van der Waals surface area contributed by atoms with E-state index in [1.54, 1.807) is 11.0 Å². The van der Waals surface area contributed by atoms with Gasteiger partial charge in [0.2, 0.25) is 5.76 Å². The summed E-state index contributed by atoms with van der Waals surface area (Å²) in [6.45, 7) is 5.28. The first-order valence-corrected chi connectivity index (χ1v) is 5.02. The van der Waals surface area contributed by atoms with Crippen molar-refractivity contribution >= 4 is 21.8 Å². The second-order valence-electron chi connectivity index (χ2n) is 2.58. The summed E-state index contributed by atoms with van der Waals surface area (Å²) >= 11 is 3.25. The van der Waals surface area contributed by atoms with Gasteiger partial charge in [-0.2, -0.15) is 0 Å². The molecular formula is C9H12BrNO2. The predicted octanol–water partition coefficient (Wildman–Crippen LogP) is 2.52. The van der Waals surface area contributed by atoms with E-state index < -0.39 is 0 Å². The van der Waals surface area contributed by atoms with Gasteiger partial charge in [-0.05, 0) is 35.8 Å². The largest absolute Gasteiger partial charge is 0.458 e. The third-order valence-corrected chi connectivity index (χ3v) is 2.49. The summed E-state index contributed by atoms with van der Waals surface area (Å²) in [6.07, 6.45) is 1.50. The predicted molar refractivity (Wildman–Crippen MR) is 53.7 cm³/mol. The van der Waals surface area contributed by atoms with Crippen molar-refractivity contribution in [1.82, 2.24) is 4.90 Å². The molecule has 0 radical (unpaired) electrons. The maximum absolute atomic E-state index is 11.7. The molecule has 1 amide bonds. The highest BCUT2D eigenvalue weighted by Crippen LogP contribution is 2.19. The van der Waals surface area contributed by atoms with Crippen LogP contribution >= 0.6 is 15.9 Å². The second-order valence-corrected chi connectivity index (χ2v) is 3.43. The van der Waals surface area contributed by atoms with Crippen molar-refractivity contribution in [3.8, 4) is 0 Å². The molecule has 0 atom stereocenters. The van der Waals surface area contributed by atoms with Crippen LogP contribution in [0, 0.1) is 0 Å². The molecule has 4 heteroatoms. The zero-order chi connectivity index (χ0) is 9.84. The van der Waals surface area contributed by atoms with E-state index in [-0.39, 0.29) is 5.91 Å². The van der Waals surface area contributed by atoms with Crippen LogP contribution in [0.15, 0.2) is 21.2 Å². The Morgan fingerprint density at radius 1 is 1.54 bits per heavy atom. The standard InChI is InChI=1S/C9H12BrNO2/c1-3-11(4-2)9(12)8-7(10)5-6-13-8/h5-6H,3-4H2,1-2H3. The van der Waals surface area contributed by atoms with Gasteiger partial charge >= 0.3 is 0 Å². The van der Waals surface area contributed by atoms with Crippen molar-refractivity contribution in [3.05, 3.63) is 22.6 Å². The molecule has 1 aromatic heterocycles. The minimum atomic E-state index is -0.0677. The monoisotopic (exact) mass is 245 g/mol. The van der Waals surface area contributed by atoms with Crippen molar-refractivity contribution in [1.29, 1.82) is 0 Å². The lowest BCUT2D eigenvalue weighted by molar-refractivity contribution is 0.0740. The van der Waals surface area contributed by atoms with Crippen LogP contribution in [0.5, 0.6) is 0 Å². The van der Waals surface area contributed by atoms with E-state index in [2.05, 4.69) is 15.9 Å². The van der Waals surface area contributed by atoms with Gasteiger partial charge in [-0.15, -0.1) is 0 Å². The van der Waals surface area contributed by atoms with Crippen LogP contribution in [0.25, 0.3) is 0 Å². The zero-order valence-corrected chi connectivity index (χ0v) is 9.30. The molecule has 13 heavy (non-hydrogen) atoms. The Hall–Kier alpha value is -0.770. The van der Waals surface area contributed by atoms with Crippen molar-refractivity contribution in [2.45, 2.75) is 13.8 Å². The lowest BCUT2D eigenvalue weighted by Crippen LogP contribution is -2.30. The summed E-state index contributed by atoms with van der Waals surface area (Å²) in [6, 6.07) is 1.72. The summed E-state index contributed by atoms with van der Waals surface area (Å²) in [4.78, 5) is 13.4. The van der Waals surface area contributed by atoms with Crippen molar-refractivity contribution < 1.29 is 9.21 Å².